The number of benzene rings is 2. The number of nitrogens with zero attached hydrogens (tertiary/aromatic N) is 8. The number of nitro benzene ring substituents is 1. The molecule has 188 valence electrons. The molecular formula is C23H15N9O6. The molecule has 2 N–H and O–H groups in total. The number of carboxylic acid groups (broad SMARTS) is 1. The first-order valence-corrected chi connectivity index (χ1v) is 11.0. The van der Waals surface area contributed by atoms with Crippen LogP contribution in [0.15, 0.2) is 76.1 Å². The van der Waals surface area contributed by atoms with E-state index in [1.54, 1.807) is 41.2 Å². The van der Waals surface area contributed by atoms with Gasteiger partial charge in [0.15, 0.2) is 17.1 Å². The number of hydrogen-bond donors (Lipinski definition) is 2. The summed E-state index contributed by atoms with van der Waals surface area (Å²) in [6.07, 6.45) is 3.22. The first kappa shape index (κ1) is 22.6. The van der Waals surface area contributed by atoms with E-state index in [-0.39, 0.29) is 28.8 Å². The van der Waals surface area contributed by atoms with Crippen molar-refractivity contribution < 1.29 is 23.9 Å². The van der Waals surface area contributed by atoms with E-state index in [1.807, 2.05) is 0 Å². The highest BCUT2D eigenvalue weighted by molar-refractivity contribution is 5.93. The standard InChI is InChI=1S/C23H15N9O6/c33-23(34)13-3-5-15(6-4-13)31-20(10-17(26-31)19-2-1-9-37-19)30-12-14(25-29-30)11-24-16-7-8-18(32(35)36)22-21(16)27-38-28-22/h1-10,12,24H,11H2,(H,33,34). The van der Waals surface area contributed by atoms with Crippen LogP contribution in [0.2, 0.25) is 0 Å². The number of non-ortho nitro benzene ring substituents is 1. The molecule has 15 nitrogen and oxygen atoms in total. The molecule has 4 aromatic heterocycles. The van der Waals surface area contributed by atoms with Gasteiger partial charge in [-0.25, -0.2) is 18.8 Å². The molecule has 0 saturated heterocycles. The highest BCUT2D eigenvalue weighted by Crippen LogP contribution is 2.29. The lowest BCUT2D eigenvalue weighted by Crippen LogP contribution is -2.07. The molecule has 0 atom stereocenters. The Morgan fingerprint density at radius 1 is 1.11 bits per heavy atom. The Kier molecular flexibility index (Phi) is 5.34. The van der Waals surface area contributed by atoms with Gasteiger partial charge in [0.05, 0.1) is 40.9 Å². The van der Waals surface area contributed by atoms with Crippen molar-refractivity contribution >= 4 is 28.4 Å². The molecule has 0 amide bonds. The van der Waals surface area contributed by atoms with Crippen LogP contribution >= 0.6 is 0 Å². The molecule has 15 heteroatoms. The molecule has 0 aliphatic heterocycles. The number of fused-ring (bicyclic) bond motifs is 1. The number of anilines is 1. The maximum Gasteiger partial charge on any atom is 0.335 e. The Labute approximate surface area is 211 Å². The molecule has 2 aromatic carbocycles. The van der Waals surface area contributed by atoms with Crippen LogP contribution in [-0.4, -0.2) is 51.1 Å². The summed E-state index contributed by atoms with van der Waals surface area (Å²) in [5, 5.41) is 44.0. The zero-order valence-corrected chi connectivity index (χ0v) is 19.1. The number of carbonyl (C=O) groups is 1. The molecule has 6 rings (SSSR count). The fourth-order valence-corrected chi connectivity index (χ4v) is 3.83. The molecule has 0 aliphatic rings. The number of aromatic nitrogens is 7. The van der Waals surface area contributed by atoms with Crippen LogP contribution in [0.5, 0.6) is 0 Å². The number of aromatic carboxylic acids is 1. The van der Waals surface area contributed by atoms with Crippen molar-refractivity contribution in [1.82, 2.24) is 35.1 Å². The summed E-state index contributed by atoms with van der Waals surface area (Å²) in [6.45, 7) is 0.215. The second-order valence-corrected chi connectivity index (χ2v) is 7.99. The Morgan fingerprint density at radius 3 is 2.66 bits per heavy atom. The Morgan fingerprint density at radius 2 is 1.92 bits per heavy atom. The lowest BCUT2D eigenvalue weighted by atomic mass is 10.2. The molecular weight excluding hydrogens is 498 g/mol. The predicted octanol–water partition coefficient (Wildman–Crippen LogP) is 3.47. The summed E-state index contributed by atoms with van der Waals surface area (Å²) in [4.78, 5) is 21.9. The summed E-state index contributed by atoms with van der Waals surface area (Å²) in [7, 11) is 0. The average Bonchev–Trinajstić information content (AvgIpc) is 3.73. The largest absolute Gasteiger partial charge is 0.478 e. The van der Waals surface area contributed by atoms with Gasteiger partial charge in [-0.2, -0.15) is 5.10 Å². The van der Waals surface area contributed by atoms with Gasteiger partial charge in [0, 0.05) is 12.1 Å². The van der Waals surface area contributed by atoms with Gasteiger partial charge in [0.25, 0.3) is 0 Å². The van der Waals surface area contributed by atoms with Crippen LogP contribution in [-0.2, 0) is 6.54 Å². The van der Waals surface area contributed by atoms with E-state index in [0.29, 0.717) is 34.3 Å². The van der Waals surface area contributed by atoms with Gasteiger partial charge in [-0.05, 0) is 52.8 Å². The van der Waals surface area contributed by atoms with Gasteiger partial charge >= 0.3 is 11.7 Å². The van der Waals surface area contributed by atoms with E-state index >= 15 is 0 Å². The highest BCUT2D eigenvalue weighted by atomic mass is 16.6. The third-order valence-corrected chi connectivity index (χ3v) is 5.65. The quantitative estimate of drug-likeness (QED) is 0.223. The van der Waals surface area contributed by atoms with Crippen LogP contribution in [0.1, 0.15) is 16.1 Å². The third kappa shape index (κ3) is 3.98. The molecule has 4 heterocycles. The van der Waals surface area contributed by atoms with E-state index < -0.39 is 10.9 Å². The highest BCUT2D eigenvalue weighted by Gasteiger charge is 2.20. The monoisotopic (exact) mass is 513 g/mol. The Balaban J connectivity index is 1.31. The van der Waals surface area contributed by atoms with E-state index in [1.165, 1.54) is 35.2 Å². The van der Waals surface area contributed by atoms with Crippen molar-refractivity contribution in [2.24, 2.45) is 0 Å². The molecule has 6 aromatic rings. The maximum absolute atomic E-state index is 11.3. The number of furan rings is 1. The van der Waals surface area contributed by atoms with Crippen LogP contribution in [0, 0.1) is 10.1 Å². The van der Waals surface area contributed by atoms with Crippen molar-refractivity contribution in [1.29, 1.82) is 0 Å². The van der Waals surface area contributed by atoms with Crippen LogP contribution in [0.4, 0.5) is 11.4 Å². The lowest BCUT2D eigenvalue weighted by molar-refractivity contribution is -0.383. The summed E-state index contributed by atoms with van der Waals surface area (Å²) >= 11 is 0. The third-order valence-electron chi connectivity index (χ3n) is 5.65. The number of nitrogens with one attached hydrogen (secondary N) is 1. The van der Waals surface area contributed by atoms with Gasteiger partial charge in [-0.3, -0.25) is 10.1 Å². The summed E-state index contributed by atoms with van der Waals surface area (Å²) in [5.41, 5.74) is 2.34. The van der Waals surface area contributed by atoms with Crippen molar-refractivity contribution in [3.05, 3.63) is 88.4 Å². The Hall–Kier alpha value is -5.86. The minimum atomic E-state index is -1.03. The topological polar surface area (TPSA) is 193 Å². The van der Waals surface area contributed by atoms with E-state index in [0.717, 1.165) is 0 Å². The summed E-state index contributed by atoms with van der Waals surface area (Å²) in [5.74, 6) is 0.0304. The van der Waals surface area contributed by atoms with Crippen molar-refractivity contribution in [2.45, 2.75) is 6.54 Å². The maximum atomic E-state index is 11.3. The first-order chi connectivity index (χ1) is 18.5. The molecule has 0 bridgehead atoms. The summed E-state index contributed by atoms with van der Waals surface area (Å²) < 4.78 is 13.3. The van der Waals surface area contributed by atoms with Gasteiger partial charge < -0.3 is 14.8 Å². The molecule has 0 aliphatic carbocycles. The lowest BCUT2D eigenvalue weighted by Gasteiger charge is -2.07. The predicted molar refractivity (Wildman–Crippen MR) is 129 cm³/mol. The Bertz CT molecular complexity index is 1780. The minimum absolute atomic E-state index is 0.0342. The van der Waals surface area contributed by atoms with Crippen LogP contribution < -0.4 is 5.32 Å². The van der Waals surface area contributed by atoms with Gasteiger partial charge in [-0.15, -0.1) is 5.10 Å². The van der Waals surface area contributed by atoms with E-state index in [9.17, 15) is 20.0 Å². The van der Waals surface area contributed by atoms with Crippen molar-refractivity contribution in [2.75, 3.05) is 5.32 Å². The molecule has 0 saturated carbocycles. The van der Waals surface area contributed by atoms with E-state index in [2.05, 4.69) is 31.0 Å². The fourth-order valence-electron chi connectivity index (χ4n) is 3.83. The number of rotatable bonds is 8. The number of carboxylic acids is 1. The number of nitro groups is 1. The first-order valence-electron chi connectivity index (χ1n) is 11.0. The van der Waals surface area contributed by atoms with Gasteiger partial charge in [0.1, 0.15) is 11.4 Å². The number of hydrogen-bond acceptors (Lipinski definition) is 11. The second-order valence-electron chi connectivity index (χ2n) is 7.99. The average molecular weight is 513 g/mol. The zero-order chi connectivity index (χ0) is 26.2. The molecule has 0 fully saturated rings. The van der Waals surface area contributed by atoms with E-state index in [4.69, 9.17) is 9.05 Å². The summed E-state index contributed by atoms with van der Waals surface area (Å²) in [6, 6.07) is 14.3. The molecule has 0 spiro atoms. The van der Waals surface area contributed by atoms with Gasteiger partial charge in [-0.1, -0.05) is 5.21 Å². The van der Waals surface area contributed by atoms with Crippen molar-refractivity contribution in [3.8, 4) is 23.0 Å². The minimum Gasteiger partial charge on any atom is -0.478 e. The van der Waals surface area contributed by atoms with Crippen LogP contribution in [0.25, 0.3) is 34.0 Å². The second kappa shape index (κ2) is 8.98. The van der Waals surface area contributed by atoms with Crippen LogP contribution in [0.3, 0.4) is 0 Å². The molecule has 0 radical (unpaired) electrons. The van der Waals surface area contributed by atoms with Crippen molar-refractivity contribution in [3.63, 3.8) is 0 Å². The SMILES string of the molecule is O=C(O)c1ccc(-n2nc(-c3ccco3)cc2-n2cc(CNc3ccc([N+](=O)[O-])c4nonc34)nn2)cc1. The molecule has 38 heavy (non-hydrogen) atoms. The smallest absolute Gasteiger partial charge is 0.335 e. The fraction of sp³-hybridized carbons (Fsp3) is 0.0435. The molecule has 0 unspecified atom stereocenters. The normalized spacial score (nSPS) is 11.2. The van der Waals surface area contributed by atoms with Gasteiger partial charge in [0.2, 0.25) is 5.52 Å². The zero-order valence-electron chi connectivity index (χ0n) is 19.1.